The van der Waals surface area contributed by atoms with E-state index >= 15 is 0 Å². The zero-order valence-corrected chi connectivity index (χ0v) is 25.4. The van der Waals surface area contributed by atoms with Gasteiger partial charge in [-0.2, -0.15) is 0 Å². The first-order valence-corrected chi connectivity index (χ1v) is 15.5. The third kappa shape index (κ3) is 7.21. The molecule has 228 valence electrons. The average Bonchev–Trinajstić information content (AvgIpc) is 3.11. The first-order valence-electron chi connectivity index (χ1n) is 15.5. The van der Waals surface area contributed by atoms with Crippen molar-refractivity contribution in [3.63, 3.8) is 0 Å². The number of nitrogens with one attached hydrogen (secondary N) is 2. The lowest BCUT2D eigenvalue weighted by Crippen LogP contribution is -2.56. The van der Waals surface area contributed by atoms with Crippen LogP contribution in [-0.2, 0) is 6.54 Å². The number of fused-ring (bicyclic) bond motifs is 1. The first kappa shape index (κ1) is 30.6. The van der Waals surface area contributed by atoms with Crippen LogP contribution in [0.3, 0.4) is 0 Å². The minimum absolute atomic E-state index is 0. The van der Waals surface area contributed by atoms with E-state index in [0.29, 0.717) is 29.7 Å². The van der Waals surface area contributed by atoms with Gasteiger partial charge in [0.25, 0.3) is 11.8 Å². The zero-order valence-electron chi connectivity index (χ0n) is 25.4. The summed E-state index contributed by atoms with van der Waals surface area (Å²) in [6, 6.07) is 37.6. The Labute approximate surface area is 263 Å². The van der Waals surface area contributed by atoms with Crippen molar-refractivity contribution < 1.29 is 12.4 Å². The van der Waals surface area contributed by atoms with Crippen molar-refractivity contribution in [2.24, 2.45) is 0 Å². The van der Waals surface area contributed by atoms with Crippen LogP contribution in [0, 0.1) is 0 Å². The Hall–Kier alpha value is -4.81. The van der Waals surface area contributed by atoms with E-state index in [1.807, 2.05) is 116 Å². The van der Waals surface area contributed by atoms with Gasteiger partial charge in [0.05, 0.1) is 11.1 Å². The summed E-state index contributed by atoms with van der Waals surface area (Å²) in [5, 5.41) is 7.71. The quantitative estimate of drug-likeness (QED) is 0.196. The highest BCUT2D eigenvalue weighted by Gasteiger charge is 2.33. The molecule has 4 aromatic carbocycles. The van der Waals surface area contributed by atoms with Crippen molar-refractivity contribution in [3.05, 3.63) is 138 Å². The van der Waals surface area contributed by atoms with E-state index in [4.69, 9.17) is 0 Å². The Kier molecular flexibility index (Phi) is 10.5. The van der Waals surface area contributed by atoms with E-state index in [1.165, 1.54) is 5.56 Å². The fourth-order valence-corrected chi connectivity index (χ4v) is 5.80. The van der Waals surface area contributed by atoms with Crippen molar-refractivity contribution in [2.45, 2.75) is 45.3 Å². The lowest BCUT2D eigenvalue weighted by molar-refractivity contribution is 0.0557. The molecule has 1 aliphatic rings. The Morgan fingerprint density at radius 1 is 0.795 bits per heavy atom. The summed E-state index contributed by atoms with van der Waals surface area (Å²) < 4.78 is 0. The minimum Gasteiger partial charge on any atom is -0.350 e. The summed E-state index contributed by atoms with van der Waals surface area (Å²) in [6.45, 7) is 5.67. The number of benzene rings is 4. The normalized spacial score (nSPS) is 16.1. The van der Waals surface area contributed by atoms with Crippen molar-refractivity contribution in [1.29, 1.82) is 0 Å². The number of rotatable bonds is 8. The van der Waals surface area contributed by atoms with E-state index < -0.39 is 0 Å². The van der Waals surface area contributed by atoms with Crippen LogP contribution in [0.4, 0.5) is 0 Å². The molecule has 0 radical (unpaired) electrons. The molecule has 1 fully saturated rings. The third-order valence-electron chi connectivity index (χ3n) is 8.02. The van der Waals surface area contributed by atoms with Crippen molar-refractivity contribution in [1.82, 2.24) is 20.5 Å². The number of para-hydroxylation sites is 1. The summed E-state index contributed by atoms with van der Waals surface area (Å²) in [5.74, 6) is -0.201. The van der Waals surface area contributed by atoms with Gasteiger partial charge in [-0.05, 0) is 47.7 Å². The van der Waals surface area contributed by atoms with Crippen molar-refractivity contribution in [3.8, 4) is 11.1 Å². The van der Waals surface area contributed by atoms with Gasteiger partial charge in [-0.15, -0.1) is 0 Å². The fraction of sp³-hybridized carbons (Fsp3) is 0.237. The van der Waals surface area contributed by atoms with Crippen LogP contribution in [0.1, 0.15) is 55.8 Å². The molecule has 2 amide bonds. The number of likely N-dealkylation sites (tertiary alicyclic amines) is 1. The molecule has 1 aliphatic heterocycles. The second-order valence-electron chi connectivity index (χ2n) is 10.8. The Balaban J connectivity index is 0.00000141. The molecule has 5 aromatic rings. The summed E-state index contributed by atoms with van der Waals surface area (Å²) in [6.07, 6.45) is 3.39. The highest BCUT2D eigenvalue weighted by Crippen LogP contribution is 2.28. The van der Waals surface area contributed by atoms with E-state index in [2.05, 4.69) is 27.8 Å². The maximum Gasteiger partial charge on any atom is 0.254 e. The largest absolute Gasteiger partial charge is 0.350 e. The number of carbonyl (C=O) groups excluding carboxylic acids is 2. The van der Waals surface area contributed by atoms with Crippen LogP contribution in [-0.4, -0.2) is 46.9 Å². The predicted octanol–water partition coefficient (Wildman–Crippen LogP) is 7.61. The van der Waals surface area contributed by atoms with Gasteiger partial charge in [0.15, 0.2) is 0 Å². The summed E-state index contributed by atoms with van der Waals surface area (Å²) in [4.78, 5) is 34.0. The molecule has 6 rings (SSSR count). The van der Waals surface area contributed by atoms with Gasteiger partial charge in [0, 0.05) is 51.7 Å². The van der Waals surface area contributed by atoms with Crippen LogP contribution in [0.5, 0.6) is 0 Å². The SMILES string of the molecule is CC.O=C(NCC1CCC(NCc2ccccc2)CN1C(=O)c1ccccc1-c1ccccc1)c1cccc2cccnc12.[HH].[HH]. The maximum absolute atomic E-state index is 14.3. The lowest BCUT2D eigenvalue weighted by Gasteiger charge is -2.40. The monoisotopic (exact) mass is 588 g/mol. The van der Waals surface area contributed by atoms with Crippen LogP contribution in [0.25, 0.3) is 22.0 Å². The van der Waals surface area contributed by atoms with Gasteiger partial charge >= 0.3 is 0 Å². The Morgan fingerprint density at radius 2 is 1.48 bits per heavy atom. The standard InChI is InChI=1S/C36H34N4O2.C2H6.2H2/c41-35(33-19-9-15-28-16-10-22-37-34(28)33)39-24-30-21-20-29(38-23-26-11-3-1-4-12-26)25-40(30)36(42)32-18-8-7-17-31(32)27-13-5-2-6-14-27;1-2;;/h1-19,22,29-30,38H,20-21,23-25H2,(H,39,41);1-2H3;2*1H. The number of hydrogen-bond acceptors (Lipinski definition) is 4. The van der Waals surface area contributed by atoms with Gasteiger partial charge in [-0.3, -0.25) is 14.6 Å². The number of hydrogen-bond donors (Lipinski definition) is 2. The van der Waals surface area contributed by atoms with Crippen LogP contribution in [0.2, 0.25) is 0 Å². The number of pyridine rings is 1. The second kappa shape index (κ2) is 15.1. The van der Waals surface area contributed by atoms with Crippen molar-refractivity contribution in [2.75, 3.05) is 13.1 Å². The molecule has 0 aliphatic carbocycles. The topological polar surface area (TPSA) is 74.3 Å². The van der Waals surface area contributed by atoms with Gasteiger partial charge in [0.1, 0.15) is 0 Å². The van der Waals surface area contributed by atoms with Gasteiger partial charge in [-0.1, -0.05) is 111 Å². The molecule has 1 saturated heterocycles. The van der Waals surface area contributed by atoms with E-state index in [0.717, 1.165) is 35.9 Å². The molecule has 2 unspecified atom stereocenters. The van der Waals surface area contributed by atoms with E-state index in [1.54, 1.807) is 12.3 Å². The van der Waals surface area contributed by atoms with Gasteiger partial charge in [-0.25, -0.2) is 0 Å². The third-order valence-corrected chi connectivity index (χ3v) is 8.02. The molecular weight excluding hydrogens is 544 g/mol. The molecule has 1 aromatic heterocycles. The second-order valence-corrected chi connectivity index (χ2v) is 10.8. The molecule has 6 heteroatoms. The van der Waals surface area contributed by atoms with E-state index in [9.17, 15) is 9.59 Å². The first-order chi connectivity index (χ1) is 21.7. The molecule has 0 bridgehead atoms. The summed E-state index contributed by atoms with van der Waals surface area (Å²) in [5.41, 5.74) is 5.01. The number of carbonyl (C=O) groups is 2. The molecule has 2 heterocycles. The zero-order chi connectivity index (χ0) is 30.7. The Morgan fingerprint density at radius 3 is 2.27 bits per heavy atom. The molecular formula is C38H44N4O2. The highest BCUT2D eigenvalue weighted by atomic mass is 16.2. The number of amides is 2. The number of piperidine rings is 1. The molecule has 0 saturated carbocycles. The minimum atomic E-state index is -0.180. The van der Waals surface area contributed by atoms with Crippen molar-refractivity contribution >= 4 is 22.7 Å². The van der Waals surface area contributed by atoms with Crippen LogP contribution < -0.4 is 10.6 Å². The number of nitrogens with zero attached hydrogens (tertiary/aromatic N) is 2. The molecule has 2 atom stereocenters. The average molecular weight is 589 g/mol. The molecule has 2 N–H and O–H groups in total. The van der Waals surface area contributed by atoms with Crippen LogP contribution >= 0.6 is 0 Å². The highest BCUT2D eigenvalue weighted by molar-refractivity contribution is 6.05. The summed E-state index contributed by atoms with van der Waals surface area (Å²) in [7, 11) is 0. The Bertz CT molecular complexity index is 1680. The maximum atomic E-state index is 14.3. The van der Waals surface area contributed by atoms with Gasteiger partial charge in [0.2, 0.25) is 0 Å². The number of aromatic nitrogens is 1. The predicted molar refractivity (Wildman–Crippen MR) is 183 cm³/mol. The van der Waals surface area contributed by atoms with Gasteiger partial charge < -0.3 is 15.5 Å². The fourth-order valence-electron chi connectivity index (χ4n) is 5.80. The van der Waals surface area contributed by atoms with Crippen LogP contribution in [0.15, 0.2) is 121 Å². The molecule has 0 spiro atoms. The van der Waals surface area contributed by atoms with E-state index in [-0.39, 0.29) is 26.8 Å². The summed E-state index contributed by atoms with van der Waals surface area (Å²) >= 11 is 0. The molecule has 44 heavy (non-hydrogen) atoms. The molecule has 6 nitrogen and oxygen atoms in total. The smallest absolute Gasteiger partial charge is 0.254 e. The lowest BCUT2D eigenvalue weighted by atomic mass is 9.94.